The molecule has 0 radical (unpaired) electrons. The van der Waals surface area contributed by atoms with Crippen LogP contribution in [0.15, 0.2) is 67.4 Å². The summed E-state index contributed by atoms with van der Waals surface area (Å²) in [6.07, 6.45) is 9.08. The zero-order valence-electron chi connectivity index (χ0n) is 18.7. The Balaban J connectivity index is 1.45. The van der Waals surface area contributed by atoms with Crippen molar-refractivity contribution in [1.29, 1.82) is 0 Å². The summed E-state index contributed by atoms with van der Waals surface area (Å²) in [6, 6.07) is 11.9. The molecule has 0 saturated heterocycles. The maximum Gasteiger partial charge on any atom is 0.159 e. The van der Waals surface area contributed by atoms with Gasteiger partial charge in [-0.15, -0.1) is 0 Å². The minimum Gasteiger partial charge on any atom is -0.336 e. The first-order valence-electron chi connectivity index (χ1n) is 10.9. The van der Waals surface area contributed by atoms with Crippen LogP contribution in [0.4, 0.5) is 0 Å². The highest BCUT2D eigenvalue weighted by Gasteiger charge is 2.17. The summed E-state index contributed by atoms with van der Waals surface area (Å²) in [7, 11) is 4.08. The van der Waals surface area contributed by atoms with Gasteiger partial charge in [-0.25, -0.2) is 9.97 Å². The molecule has 0 atom stereocenters. The van der Waals surface area contributed by atoms with E-state index in [0.29, 0.717) is 17.2 Å². The Labute approximate surface area is 195 Å². The number of aromatic amines is 2. The van der Waals surface area contributed by atoms with Gasteiger partial charge in [0.15, 0.2) is 11.5 Å². The molecule has 0 aromatic carbocycles. The third-order valence-electron chi connectivity index (χ3n) is 5.58. The number of nitrogens with one attached hydrogen (secondary N) is 2. The van der Waals surface area contributed by atoms with E-state index in [1.54, 1.807) is 12.4 Å². The molecule has 0 fully saturated rings. The Kier molecular flexibility index (Phi) is 4.81. The third-order valence-corrected chi connectivity index (χ3v) is 5.58. The van der Waals surface area contributed by atoms with Crippen molar-refractivity contribution < 1.29 is 0 Å². The molecule has 6 aromatic heterocycles. The Hall–Kier alpha value is -4.50. The van der Waals surface area contributed by atoms with Crippen molar-refractivity contribution in [2.75, 3.05) is 14.1 Å². The van der Waals surface area contributed by atoms with Crippen molar-refractivity contribution in [2.24, 2.45) is 0 Å². The molecule has 2 N–H and O–H groups in total. The molecule has 0 amide bonds. The normalized spacial score (nSPS) is 11.6. The van der Waals surface area contributed by atoms with Crippen LogP contribution in [-0.4, -0.2) is 59.1 Å². The van der Waals surface area contributed by atoms with Gasteiger partial charge in [-0.05, 0) is 50.0 Å². The number of aromatic nitrogens is 8. The molecule has 6 rings (SSSR count). The van der Waals surface area contributed by atoms with E-state index in [0.717, 1.165) is 51.0 Å². The number of hydrogen-bond donors (Lipinski definition) is 2. The van der Waals surface area contributed by atoms with E-state index >= 15 is 0 Å². The number of H-pyrrole nitrogens is 2. The molecule has 9 heteroatoms. The first kappa shape index (κ1) is 20.1. The minimum atomic E-state index is 0.643. The van der Waals surface area contributed by atoms with Crippen LogP contribution in [-0.2, 0) is 6.54 Å². The van der Waals surface area contributed by atoms with Gasteiger partial charge >= 0.3 is 0 Å². The van der Waals surface area contributed by atoms with Gasteiger partial charge in [-0.1, -0.05) is 6.07 Å². The molecule has 166 valence electrons. The molecule has 6 aromatic rings. The molecule has 9 nitrogen and oxygen atoms in total. The standard InChI is InChI=1S/C25H21N9/c1-34(2)14-15-9-16(12-26-11-15)17-10-18-21(32-33-24(18)29-13-17)25-30-20-6-8-28-22(23(20)31-25)19-5-3-4-7-27-19/h3-13H,14H2,1-2H3,(H,30,31)(H,29,32,33). The lowest BCUT2D eigenvalue weighted by Crippen LogP contribution is -2.10. The largest absolute Gasteiger partial charge is 0.336 e. The SMILES string of the molecule is CN(C)Cc1cncc(-c2cnc3[nH]nc(-c4nc5c(-c6ccccn6)nccc5[nH]4)c3c2)c1. The van der Waals surface area contributed by atoms with Gasteiger partial charge in [-0.3, -0.25) is 20.1 Å². The topological polar surface area (TPSA) is 112 Å². The molecule has 0 aliphatic heterocycles. The van der Waals surface area contributed by atoms with E-state index in [-0.39, 0.29) is 0 Å². The molecule has 0 saturated carbocycles. The highest BCUT2D eigenvalue weighted by molar-refractivity contribution is 5.95. The maximum atomic E-state index is 4.84. The predicted molar refractivity (Wildman–Crippen MR) is 131 cm³/mol. The van der Waals surface area contributed by atoms with Gasteiger partial charge in [0.05, 0.1) is 16.6 Å². The van der Waals surface area contributed by atoms with Gasteiger partial charge in [0, 0.05) is 48.7 Å². The smallest absolute Gasteiger partial charge is 0.159 e. The van der Waals surface area contributed by atoms with Crippen LogP contribution in [0.25, 0.3) is 56.1 Å². The van der Waals surface area contributed by atoms with Gasteiger partial charge in [0.1, 0.15) is 16.9 Å². The van der Waals surface area contributed by atoms with E-state index in [4.69, 9.17) is 4.98 Å². The van der Waals surface area contributed by atoms with Crippen molar-refractivity contribution in [1.82, 2.24) is 45.0 Å². The molecule has 0 spiro atoms. The van der Waals surface area contributed by atoms with Crippen molar-refractivity contribution in [3.05, 3.63) is 72.9 Å². The minimum absolute atomic E-state index is 0.643. The van der Waals surface area contributed by atoms with E-state index in [9.17, 15) is 0 Å². The average Bonchev–Trinajstić information content (AvgIpc) is 3.48. The highest BCUT2D eigenvalue weighted by atomic mass is 15.2. The monoisotopic (exact) mass is 447 g/mol. The van der Waals surface area contributed by atoms with Gasteiger partial charge < -0.3 is 9.88 Å². The van der Waals surface area contributed by atoms with Crippen molar-refractivity contribution in [2.45, 2.75) is 6.54 Å². The van der Waals surface area contributed by atoms with Crippen molar-refractivity contribution in [3.63, 3.8) is 0 Å². The summed E-state index contributed by atoms with van der Waals surface area (Å²) in [6.45, 7) is 0.819. The summed E-state index contributed by atoms with van der Waals surface area (Å²) in [5.74, 6) is 0.643. The van der Waals surface area contributed by atoms with E-state index in [1.165, 1.54) is 0 Å². The first-order chi connectivity index (χ1) is 16.7. The number of rotatable bonds is 5. The van der Waals surface area contributed by atoms with Crippen LogP contribution in [0.5, 0.6) is 0 Å². The van der Waals surface area contributed by atoms with Crippen LogP contribution >= 0.6 is 0 Å². The molecular weight excluding hydrogens is 426 g/mol. The number of pyridine rings is 4. The zero-order valence-corrected chi connectivity index (χ0v) is 18.7. The van der Waals surface area contributed by atoms with Crippen LogP contribution in [0.1, 0.15) is 5.56 Å². The Morgan fingerprint density at radius 1 is 0.882 bits per heavy atom. The molecule has 0 unspecified atom stereocenters. The summed E-state index contributed by atoms with van der Waals surface area (Å²) in [5.41, 5.74) is 7.62. The fourth-order valence-corrected chi connectivity index (χ4v) is 4.08. The second-order valence-corrected chi connectivity index (χ2v) is 8.37. The average molecular weight is 448 g/mol. The molecule has 34 heavy (non-hydrogen) atoms. The second-order valence-electron chi connectivity index (χ2n) is 8.37. The lowest BCUT2D eigenvalue weighted by atomic mass is 10.1. The second kappa shape index (κ2) is 8.13. The number of hydrogen-bond acceptors (Lipinski definition) is 7. The molecule has 6 heterocycles. The van der Waals surface area contributed by atoms with E-state index < -0.39 is 0 Å². The fraction of sp³-hybridized carbons (Fsp3) is 0.120. The lowest BCUT2D eigenvalue weighted by molar-refractivity contribution is 0.402. The Morgan fingerprint density at radius 3 is 2.65 bits per heavy atom. The predicted octanol–water partition coefficient (Wildman–Crippen LogP) is 4.08. The molecular formula is C25H21N9. The zero-order chi connectivity index (χ0) is 23.1. The Morgan fingerprint density at radius 2 is 1.79 bits per heavy atom. The van der Waals surface area contributed by atoms with Crippen LogP contribution in [0.3, 0.4) is 0 Å². The van der Waals surface area contributed by atoms with Crippen LogP contribution in [0.2, 0.25) is 0 Å². The van der Waals surface area contributed by atoms with E-state index in [2.05, 4.69) is 52.1 Å². The highest BCUT2D eigenvalue weighted by Crippen LogP contribution is 2.31. The number of nitrogens with zero attached hydrogens (tertiary/aromatic N) is 7. The van der Waals surface area contributed by atoms with Crippen LogP contribution in [0, 0.1) is 0 Å². The van der Waals surface area contributed by atoms with Crippen LogP contribution < -0.4 is 0 Å². The van der Waals surface area contributed by atoms with E-state index in [1.807, 2.05) is 57.0 Å². The third kappa shape index (κ3) is 3.57. The number of imidazole rings is 1. The Bertz CT molecular complexity index is 1620. The summed E-state index contributed by atoms with van der Waals surface area (Å²) >= 11 is 0. The maximum absolute atomic E-state index is 4.84. The van der Waals surface area contributed by atoms with Gasteiger partial charge in [0.25, 0.3) is 0 Å². The van der Waals surface area contributed by atoms with Gasteiger partial charge in [-0.2, -0.15) is 5.10 Å². The lowest BCUT2D eigenvalue weighted by Gasteiger charge is -2.10. The quantitative estimate of drug-likeness (QED) is 0.409. The summed E-state index contributed by atoms with van der Waals surface area (Å²) in [4.78, 5) is 28.3. The summed E-state index contributed by atoms with van der Waals surface area (Å²) < 4.78 is 0. The van der Waals surface area contributed by atoms with Gasteiger partial charge in [0.2, 0.25) is 0 Å². The molecule has 0 aliphatic carbocycles. The molecule has 0 bridgehead atoms. The number of fused-ring (bicyclic) bond motifs is 2. The van der Waals surface area contributed by atoms with Crippen molar-refractivity contribution in [3.8, 4) is 34.0 Å². The molecule has 0 aliphatic rings. The summed E-state index contributed by atoms with van der Waals surface area (Å²) in [5, 5.41) is 8.41. The first-order valence-corrected chi connectivity index (χ1v) is 10.9. The fourth-order valence-electron chi connectivity index (χ4n) is 4.08. The van der Waals surface area contributed by atoms with Crippen molar-refractivity contribution >= 4 is 22.1 Å².